The highest BCUT2D eigenvalue weighted by Gasteiger charge is 2.52. The third-order valence-corrected chi connectivity index (χ3v) is 9.90. The summed E-state index contributed by atoms with van der Waals surface area (Å²) in [6.45, 7) is -1.49. The van der Waals surface area contributed by atoms with Gasteiger partial charge in [0.2, 0.25) is 11.9 Å². The molecule has 0 bridgehead atoms. The highest BCUT2D eigenvalue weighted by atomic mass is 31.2. The SMILES string of the molecule is Nc1nc2c(ncn2[C@@H]2O[C@@H]3COP(=O)(O)N[C@@H]4C(O)[C@H](n5cnc6c(=O)[nH]c(N)nc65)O[C@@H]4COP(=O)(O)N[C@@H]3C2O)c(=O)[nH]1. The quantitative estimate of drug-likeness (QED) is 0.0899. The van der Waals surface area contributed by atoms with Gasteiger partial charge in [0.05, 0.1) is 38.0 Å². The van der Waals surface area contributed by atoms with Crippen LogP contribution in [-0.4, -0.2) is 109 Å². The second kappa shape index (κ2) is 11.0. The normalized spacial score (nSPS) is 37.1. The van der Waals surface area contributed by atoms with Crippen molar-refractivity contribution in [2.24, 2.45) is 0 Å². The summed E-state index contributed by atoms with van der Waals surface area (Å²) in [7, 11) is -9.64. The van der Waals surface area contributed by atoms with Gasteiger partial charge in [-0.15, -0.1) is 0 Å². The molecule has 24 nitrogen and oxygen atoms in total. The fraction of sp³-hybridized carbons (Fsp3) is 0.500. The standard InChI is InChI=1S/C20H26N12O12P2/c21-19-25-13-9(15(35)27-19)23-3-31(13)17-11(33)7-5(43-17)1-41-45(37,38)30-8-6(2-42-46(39,40)29-7)44-18(12(8)34)32-4-24-10-14(32)26-20(22)28-16(10)36/h3-8,11-12,17-18,33-34H,1-2H2,(H2,29,39,40)(H2,30,37,38)(H3,21,25,27,35)(H3,22,26,28,36)/t5-,6-,7+,8+,11?,12?,17-,18-/m1/s1. The van der Waals surface area contributed by atoms with E-state index in [2.05, 4.69) is 40.1 Å². The van der Waals surface area contributed by atoms with Gasteiger partial charge in [-0.25, -0.2) is 29.3 Å². The summed E-state index contributed by atoms with van der Waals surface area (Å²) in [5.74, 6) is -0.513. The molecule has 0 amide bonds. The molecular weight excluding hydrogens is 662 g/mol. The number of aliphatic hydroxyl groups is 2. The summed E-state index contributed by atoms with van der Waals surface area (Å²) >= 11 is 0. The third kappa shape index (κ3) is 5.33. The minimum Gasteiger partial charge on any atom is -0.387 e. The van der Waals surface area contributed by atoms with Crippen LogP contribution in [-0.2, 0) is 27.7 Å². The van der Waals surface area contributed by atoms with E-state index in [1.807, 2.05) is 0 Å². The van der Waals surface area contributed by atoms with Crippen molar-refractivity contribution >= 4 is 49.7 Å². The lowest BCUT2D eigenvalue weighted by Crippen LogP contribution is -2.48. The van der Waals surface area contributed by atoms with Gasteiger partial charge in [-0.05, 0) is 0 Å². The minimum absolute atomic E-state index is 0.0804. The van der Waals surface area contributed by atoms with Gasteiger partial charge in [-0.3, -0.25) is 37.7 Å². The predicted molar refractivity (Wildman–Crippen MR) is 150 cm³/mol. The van der Waals surface area contributed by atoms with E-state index in [-0.39, 0.29) is 34.2 Å². The van der Waals surface area contributed by atoms with E-state index >= 15 is 0 Å². The predicted octanol–water partition coefficient (Wildman–Crippen LogP) is -3.90. The van der Waals surface area contributed by atoms with E-state index in [0.29, 0.717) is 0 Å². The van der Waals surface area contributed by atoms with Crippen LogP contribution in [0.4, 0.5) is 11.9 Å². The van der Waals surface area contributed by atoms with Gasteiger partial charge in [-0.1, -0.05) is 0 Å². The minimum atomic E-state index is -4.82. The van der Waals surface area contributed by atoms with Crippen LogP contribution in [0.1, 0.15) is 12.5 Å². The Balaban J connectivity index is 1.18. The van der Waals surface area contributed by atoms with Gasteiger partial charge in [0.25, 0.3) is 11.1 Å². The van der Waals surface area contributed by atoms with Gasteiger partial charge in [0.1, 0.15) is 24.4 Å². The maximum atomic E-state index is 13.2. The smallest absolute Gasteiger partial charge is 0.387 e. The molecule has 4 aromatic heterocycles. The Kier molecular flexibility index (Phi) is 7.39. The molecule has 10 atom stereocenters. The van der Waals surface area contributed by atoms with Crippen LogP contribution in [0, 0.1) is 0 Å². The summed E-state index contributed by atoms with van der Waals surface area (Å²) in [4.78, 5) is 66.4. The number of anilines is 2. The maximum Gasteiger partial charge on any atom is 0.403 e. The van der Waals surface area contributed by atoms with Crippen LogP contribution in [0.2, 0.25) is 0 Å². The Morgan fingerprint density at radius 2 is 1.15 bits per heavy atom. The highest BCUT2D eigenvalue weighted by molar-refractivity contribution is 7.50. The first-order valence-corrected chi connectivity index (χ1v) is 16.5. The Labute approximate surface area is 253 Å². The number of nitrogen functional groups attached to an aromatic ring is 2. The Bertz CT molecular complexity index is 1900. The van der Waals surface area contributed by atoms with Crippen molar-refractivity contribution in [2.75, 3.05) is 24.7 Å². The fourth-order valence-corrected chi connectivity index (χ4v) is 7.85. The zero-order valence-electron chi connectivity index (χ0n) is 23.0. The zero-order chi connectivity index (χ0) is 32.7. The lowest BCUT2D eigenvalue weighted by molar-refractivity contribution is -0.0483. The molecule has 3 aliphatic rings. The Hall–Kier alpha value is -3.64. The largest absolute Gasteiger partial charge is 0.403 e. The first-order valence-electron chi connectivity index (χ1n) is 13.3. The van der Waals surface area contributed by atoms with Gasteiger partial charge in [-0.2, -0.15) is 9.97 Å². The van der Waals surface area contributed by atoms with E-state index < -0.39 is 88.8 Å². The Morgan fingerprint density at radius 1 is 0.761 bits per heavy atom. The summed E-state index contributed by atoms with van der Waals surface area (Å²) in [6.07, 6.45) is -6.61. The van der Waals surface area contributed by atoms with Crippen molar-refractivity contribution in [2.45, 2.75) is 49.0 Å². The van der Waals surface area contributed by atoms with Crippen molar-refractivity contribution in [1.82, 2.24) is 49.2 Å². The number of hydrogen-bond acceptors (Lipinski definition) is 16. The molecule has 4 unspecified atom stereocenters. The lowest BCUT2D eigenvalue weighted by Gasteiger charge is -2.29. The molecule has 248 valence electrons. The zero-order valence-corrected chi connectivity index (χ0v) is 24.8. The fourth-order valence-electron chi connectivity index (χ4n) is 5.61. The monoisotopic (exact) mass is 688 g/mol. The number of rotatable bonds is 2. The number of nitrogens with zero attached hydrogens (tertiary/aromatic N) is 6. The molecular formula is C20H26N12O12P2. The average Bonchev–Trinajstić information content (AvgIpc) is 3.72. The molecule has 46 heavy (non-hydrogen) atoms. The third-order valence-electron chi connectivity index (χ3n) is 7.65. The van der Waals surface area contributed by atoms with Crippen LogP contribution in [0.3, 0.4) is 0 Å². The molecule has 7 rings (SSSR count). The van der Waals surface area contributed by atoms with Gasteiger partial charge < -0.3 is 40.9 Å². The molecule has 4 aromatic rings. The average molecular weight is 688 g/mol. The van der Waals surface area contributed by atoms with Crippen LogP contribution in [0.5, 0.6) is 0 Å². The summed E-state index contributed by atoms with van der Waals surface area (Å²) in [5, 5.41) is 26.9. The van der Waals surface area contributed by atoms with Gasteiger partial charge in [0.15, 0.2) is 34.8 Å². The van der Waals surface area contributed by atoms with Crippen LogP contribution >= 0.6 is 15.5 Å². The number of aromatic nitrogens is 8. The molecule has 0 aliphatic carbocycles. The van der Waals surface area contributed by atoms with Crippen LogP contribution in [0.15, 0.2) is 22.2 Å². The van der Waals surface area contributed by atoms with E-state index in [1.165, 1.54) is 0 Å². The number of ether oxygens (including phenoxy) is 2. The number of fused-ring (bicyclic) bond motifs is 4. The Morgan fingerprint density at radius 3 is 1.54 bits per heavy atom. The highest BCUT2D eigenvalue weighted by Crippen LogP contribution is 2.47. The van der Waals surface area contributed by atoms with Crippen LogP contribution < -0.4 is 32.8 Å². The number of imidazole rings is 2. The molecule has 3 aliphatic heterocycles. The second-order valence-electron chi connectivity index (χ2n) is 10.6. The number of aliphatic hydroxyl groups excluding tert-OH is 2. The van der Waals surface area contributed by atoms with E-state index in [1.54, 1.807) is 0 Å². The van der Waals surface area contributed by atoms with Crippen molar-refractivity contribution in [3.8, 4) is 0 Å². The molecule has 0 saturated carbocycles. The maximum absolute atomic E-state index is 13.2. The lowest BCUT2D eigenvalue weighted by atomic mass is 10.1. The molecule has 0 spiro atoms. The summed E-state index contributed by atoms with van der Waals surface area (Å²) in [6, 6.07) is -2.91. The molecule has 7 heterocycles. The molecule has 3 fully saturated rings. The van der Waals surface area contributed by atoms with Crippen molar-refractivity contribution in [1.29, 1.82) is 0 Å². The summed E-state index contributed by atoms with van der Waals surface area (Å²) < 4.78 is 50.9. The van der Waals surface area contributed by atoms with Gasteiger partial charge in [0, 0.05) is 0 Å². The molecule has 0 radical (unpaired) electrons. The number of hydrogen-bond donors (Lipinski definition) is 10. The topological polar surface area (TPSA) is 355 Å². The molecule has 0 aromatic carbocycles. The molecule has 3 saturated heterocycles. The second-order valence-corrected chi connectivity index (χ2v) is 13.7. The number of aromatic amines is 2. The molecule has 12 N–H and O–H groups in total. The van der Waals surface area contributed by atoms with Crippen molar-refractivity contribution in [3.05, 3.63) is 33.4 Å². The van der Waals surface area contributed by atoms with E-state index in [0.717, 1.165) is 21.8 Å². The first kappa shape index (κ1) is 31.0. The number of H-pyrrole nitrogens is 2. The first-order chi connectivity index (χ1) is 21.7. The van der Waals surface area contributed by atoms with Gasteiger partial charge >= 0.3 is 15.5 Å². The number of nitrogens with two attached hydrogens (primary N) is 2. The van der Waals surface area contributed by atoms with E-state index in [9.17, 15) is 38.7 Å². The van der Waals surface area contributed by atoms with Crippen molar-refractivity contribution in [3.63, 3.8) is 0 Å². The van der Waals surface area contributed by atoms with Crippen molar-refractivity contribution < 1.29 is 47.7 Å². The van der Waals surface area contributed by atoms with Crippen LogP contribution in [0.25, 0.3) is 22.3 Å². The van der Waals surface area contributed by atoms with E-state index in [4.69, 9.17) is 30.0 Å². The number of nitrogens with one attached hydrogen (secondary N) is 4. The molecule has 26 heteroatoms. The summed E-state index contributed by atoms with van der Waals surface area (Å²) in [5.41, 5.74) is 9.51.